The summed E-state index contributed by atoms with van der Waals surface area (Å²) in [4.78, 5) is 4.31. The number of nitrogens with one attached hydrogen (secondary N) is 1. The molecule has 0 radical (unpaired) electrons. The zero-order valence-electron chi connectivity index (χ0n) is 9.69. The summed E-state index contributed by atoms with van der Waals surface area (Å²) in [6.45, 7) is 0. The molecule has 0 amide bonds. The van der Waals surface area contributed by atoms with Crippen LogP contribution in [0.1, 0.15) is 43.5 Å². The van der Waals surface area contributed by atoms with Crippen molar-refractivity contribution in [1.29, 1.82) is 0 Å². The quantitative estimate of drug-likeness (QED) is 0.592. The van der Waals surface area contributed by atoms with Crippen molar-refractivity contribution in [3.05, 3.63) is 16.6 Å². The molecule has 1 atom stereocenters. The van der Waals surface area contributed by atoms with Crippen LogP contribution in [0.5, 0.6) is 0 Å². The number of hydrogen-bond donors (Lipinski definition) is 2. The molecule has 0 bridgehead atoms. The molecule has 0 spiro atoms. The molecule has 90 valence electrons. The van der Waals surface area contributed by atoms with Gasteiger partial charge in [-0.25, -0.2) is 4.98 Å². The van der Waals surface area contributed by atoms with Crippen LogP contribution >= 0.6 is 11.3 Å². The summed E-state index contributed by atoms with van der Waals surface area (Å²) in [6, 6.07) is 0.395. The van der Waals surface area contributed by atoms with Crippen LogP contribution in [0.2, 0.25) is 0 Å². The number of rotatable bonds is 6. The largest absolute Gasteiger partial charge is 0.271 e. The molecule has 1 aromatic rings. The Bertz CT molecular complexity index is 280. The molecule has 1 unspecified atom stereocenters. The fourth-order valence-corrected chi connectivity index (χ4v) is 3.24. The fourth-order valence-electron chi connectivity index (χ4n) is 2.54. The van der Waals surface area contributed by atoms with Crippen LogP contribution in [-0.4, -0.2) is 11.0 Å². The second-order valence-electron chi connectivity index (χ2n) is 4.72. The monoisotopic (exact) mass is 239 g/mol. The summed E-state index contributed by atoms with van der Waals surface area (Å²) in [5, 5.41) is 3.22. The second kappa shape index (κ2) is 6.33. The van der Waals surface area contributed by atoms with Gasteiger partial charge in [0.05, 0.1) is 5.01 Å². The summed E-state index contributed by atoms with van der Waals surface area (Å²) < 4.78 is 0. The molecule has 1 heterocycles. The maximum absolute atomic E-state index is 5.60. The highest BCUT2D eigenvalue weighted by molar-refractivity contribution is 7.09. The SMILES string of the molecule is NNC(CCC1CCCC1)Cc1nccs1. The highest BCUT2D eigenvalue weighted by Gasteiger charge is 2.17. The Hall–Kier alpha value is -0.450. The minimum Gasteiger partial charge on any atom is -0.271 e. The van der Waals surface area contributed by atoms with Crippen molar-refractivity contribution >= 4 is 11.3 Å². The van der Waals surface area contributed by atoms with Gasteiger partial charge in [0, 0.05) is 24.0 Å². The van der Waals surface area contributed by atoms with Gasteiger partial charge in [-0.3, -0.25) is 11.3 Å². The maximum Gasteiger partial charge on any atom is 0.0940 e. The lowest BCUT2D eigenvalue weighted by Gasteiger charge is -2.16. The van der Waals surface area contributed by atoms with E-state index in [1.54, 1.807) is 11.3 Å². The molecule has 1 saturated carbocycles. The van der Waals surface area contributed by atoms with Crippen molar-refractivity contribution in [2.45, 2.75) is 51.0 Å². The van der Waals surface area contributed by atoms with E-state index in [0.29, 0.717) is 6.04 Å². The standard InChI is InChI=1S/C12H21N3S/c13-15-11(9-12-14-7-8-16-12)6-5-10-3-1-2-4-10/h7-8,10-11,15H,1-6,9,13H2. The minimum atomic E-state index is 0.395. The third-order valence-electron chi connectivity index (χ3n) is 3.54. The molecule has 4 heteroatoms. The van der Waals surface area contributed by atoms with E-state index in [1.807, 2.05) is 11.6 Å². The van der Waals surface area contributed by atoms with Gasteiger partial charge in [0.15, 0.2) is 0 Å². The third-order valence-corrected chi connectivity index (χ3v) is 4.34. The van der Waals surface area contributed by atoms with Crippen molar-refractivity contribution in [2.24, 2.45) is 11.8 Å². The van der Waals surface area contributed by atoms with Crippen LogP contribution in [0.4, 0.5) is 0 Å². The van der Waals surface area contributed by atoms with Gasteiger partial charge in [0.2, 0.25) is 0 Å². The van der Waals surface area contributed by atoms with Gasteiger partial charge in [0.25, 0.3) is 0 Å². The third kappa shape index (κ3) is 3.54. The van der Waals surface area contributed by atoms with Gasteiger partial charge in [-0.15, -0.1) is 11.3 Å². The lowest BCUT2D eigenvalue weighted by molar-refractivity contribution is 0.406. The summed E-state index contributed by atoms with van der Waals surface area (Å²) >= 11 is 1.72. The van der Waals surface area contributed by atoms with Crippen molar-refractivity contribution in [2.75, 3.05) is 0 Å². The predicted molar refractivity (Wildman–Crippen MR) is 68.1 cm³/mol. The molecule has 1 aliphatic rings. The Morgan fingerprint density at radius 2 is 2.31 bits per heavy atom. The normalized spacial score (nSPS) is 19.1. The molecule has 0 aliphatic heterocycles. The predicted octanol–water partition coefficient (Wildman–Crippen LogP) is 2.49. The molecule has 1 aromatic heterocycles. The van der Waals surface area contributed by atoms with E-state index in [4.69, 9.17) is 5.84 Å². The average molecular weight is 239 g/mol. The van der Waals surface area contributed by atoms with E-state index in [2.05, 4.69) is 10.4 Å². The Morgan fingerprint density at radius 1 is 1.50 bits per heavy atom. The zero-order valence-corrected chi connectivity index (χ0v) is 10.5. The summed E-state index contributed by atoms with van der Waals surface area (Å²) in [5.74, 6) is 6.55. The van der Waals surface area contributed by atoms with Gasteiger partial charge in [0.1, 0.15) is 0 Å². The summed E-state index contributed by atoms with van der Waals surface area (Å²) in [5.41, 5.74) is 2.93. The first kappa shape index (κ1) is 12.0. The van der Waals surface area contributed by atoms with E-state index in [0.717, 1.165) is 12.3 Å². The van der Waals surface area contributed by atoms with Gasteiger partial charge < -0.3 is 0 Å². The first-order valence-corrected chi connectivity index (χ1v) is 7.11. The molecule has 0 saturated heterocycles. The number of thiazole rings is 1. The topological polar surface area (TPSA) is 50.9 Å². The molecule has 0 aromatic carbocycles. The number of hydrazine groups is 1. The van der Waals surface area contributed by atoms with E-state index in [9.17, 15) is 0 Å². The fraction of sp³-hybridized carbons (Fsp3) is 0.750. The van der Waals surface area contributed by atoms with Crippen molar-refractivity contribution in [1.82, 2.24) is 10.4 Å². The van der Waals surface area contributed by atoms with E-state index >= 15 is 0 Å². The second-order valence-corrected chi connectivity index (χ2v) is 5.70. The van der Waals surface area contributed by atoms with E-state index in [-0.39, 0.29) is 0 Å². The molecular weight excluding hydrogens is 218 g/mol. The molecule has 2 rings (SSSR count). The Labute approximate surface area is 101 Å². The van der Waals surface area contributed by atoms with Crippen LogP contribution in [-0.2, 0) is 6.42 Å². The van der Waals surface area contributed by atoms with Crippen LogP contribution in [0.25, 0.3) is 0 Å². The van der Waals surface area contributed by atoms with E-state index < -0.39 is 0 Å². The highest BCUT2D eigenvalue weighted by atomic mass is 32.1. The van der Waals surface area contributed by atoms with Gasteiger partial charge in [-0.1, -0.05) is 25.7 Å². The first-order valence-electron chi connectivity index (χ1n) is 6.23. The van der Waals surface area contributed by atoms with E-state index in [1.165, 1.54) is 43.5 Å². The lowest BCUT2D eigenvalue weighted by atomic mass is 9.97. The van der Waals surface area contributed by atoms with Crippen molar-refractivity contribution < 1.29 is 0 Å². The summed E-state index contributed by atoms with van der Waals surface area (Å²) in [7, 11) is 0. The zero-order chi connectivity index (χ0) is 11.2. The number of hydrogen-bond acceptors (Lipinski definition) is 4. The number of nitrogens with zero attached hydrogens (tertiary/aromatic N) is 1. The molecule has 3 N–H and O–H groups in total. The van der Waals surface area contributed by atoms with Crippen LogP contribution in [0.15, 0.2) is 11.6 Å². The van der Waals surface area contributed by atoms with Crippen molar-refractivity contribution in [3.8, 4) is 0 Å². The Balaban J connectivity index is 1.72. The summed E-state index contributed by atoms with van der Waals surface area (Å²) in [6.07, 6.45) is 11.0. The molecule has 3 nitrogen and oxygen atoms in total. The molecule has 16 heavy (non-hydrogen) atoms. The van der Waals surface area contributed by atoms with Crippen LogP contribution in [0, 0.1) is 5.92 Å². The average Bonchev–Trinajstić information content (AvgIpc) is 2.97. The first-order chi connectivity index (χ1) is 7.88. The number of aromatic nitrogens is 1. The van der Waals surface area contributed by atoms with Gasteiger partial charge in [-0.05, 0) is 18.8 Å². The molecular formula is C12H21N3S. The molecule has 1 fully saturated rings. The minimum absolute atomic E-state index is 0.395. The molecule has 1 aliphatic carbocycles. The Kier molecular flexibility index (Phi) is 4.75. The van der Waals surface area contributed by atoms with Crippen molar-refractivity contribution in [3.63, 3.8) is 0 Å². The lowest BCUT2D eigenvalue weighted by Crippen LogP contribution is -2.37. The maximum atomic E-state index is 5.60. The Morgan fingerprint density at radius 3 is 2.94 bits per heavy atom. The van der Waals surface area contributed by atoms with Gasteiger partial charge >= 0.3 is 0 Å². The van der Waals surface area contributed by atoms with Gasteiger partial charge in [-0.2, -0.15) is 0 Å². The number of nitrogens with two attached hydrogens (primary N) is 1. The highest BCUT2D eigenvalue weighted by Crippen LogP contribution is 2.29. The van der Waals surface area contributed by atoms with Crippen LogP contribution in [0.3, 0.4) is 0 Å². The van der Waals surface area contributed by atoms with Crippen LogP contribution < -0.4 is 11.3 Å². The smallest absolute Gasteiger partial charge is 0.0940 e.